The van der Waals surface area contributed by atoms with Crippen molar-refractivity contribution in [3.8, 4) is 5.75 Å². The van der Waals surface area contributed by atoms with E-state index in [4.69, 9.17) is 21.4 Å². The van der Waals surface area contributed by atoms with Gasteiger partial charge in [-0.2, -0.15) is 11.8 Å². The minimum Gasteiger partial charge on any atom is -0.494 e. The van der Waals surface area contributed by atoms with Crippen LogP contribution in [0.25, 0.3) is 0 Å². The molecule has 1 unspecified atom stereocenters. The van der Waals surface area contributed by atoms with Crippen molar-refractivity contribution >= 4 is 35.2 Å². The van der Waals surface area contributed by atoms with E-state index in [2.05, 4.69) is 5.32 Å². The monoisotopic (exact) mass is 331 g/mol. The summed E-state index contributed by atoms with van der Waals surface area (Å²) >= 11 is 7.24. The molecule has 2 N–H and O–H groups in total. The van der Waals surface area contributed by atoms with Crippen molar-refractivity contribution in [3.63, 3.8) is 0 Å². The summed E-state index contributed by atoms with van der Waals surface area (Å²) in [5.74, 6) is 0.502. The highest BCUT2D eigenvalue weighted by Gasteiger charge is 2.17. The van der Waals surface area contributed by atoms with Crippen molar-refractivity contribution in [3.05, 3.63) is 29.3 Å². The molecule has 1 rings (SSSR count). The molecule has 1 atom stereocenters. The smallest absolute Gasteiger partial charge is 0.327 e. The maximum Gasteiger partial charge on any atom is 0.327 e. The van der Waals surface area contributed by atoms with Crippen molar-refractivity contribution in [1.82, 2.24) is 5.32 Å². The molecule has 7 heteroatoms. The molecule has 0 heterocycles. The number of amides is 1. The lowest BCUT2D eigenvalue weighted by molar-refractivity contribution is -0.140. The van der Waals surface area contributed by atoms with Crippen molar-refractivity contribution in [2.45, 2.75) is 19.4 Å². The van der Waals surface area contributed by atoms with Gasteiger partial charge in [-0.25, -0.2) is 4.79 Å². The molecule has 0 aromatic heterocycles. The second kappa shape index (κ2) is 9.52. The van der Waals surface area contributed by atoms with Crippen molar-refractivity contribution in [1.29, 1.82) is 0 Å². The van der Waals surface area contributed by atoms with Gasteiger partial charge in [0.25, 0.3) is 0 Å². The number of hydrogen-bond acceptors (Lipinski definition) is 4. The first kappa shape index (κ1) is 17.7. The lowest BCUT2D eigenvalue weighted by Crippen LogP contribution is -2.41. The molecule has 0 aliphatic heterocycles. The van der Waals surface area contributed by atoms with E-state index in [1.165, 1.54) is 18.7 Å². The van der Waals surface area contributed by atoms with Gasteiger partial charge in [0.1, 0.15) is 11.8 Å². The third kappa shape index (κ3) is 7.82. The van der Waals surface area contributed by atoms with Gasteiger partial charge < -0.3 is 15.2 Å². The Morgan fingerprint density at radius 1 is 1.38 bits per heavy atom. The lowest BCUT2D eigenvalue weighted by atomic mass is 10.3. The molecule has 0 radical (unpaired) electrons. The van der Waals surface area contributed by atoms with Crippen LogP contribution in [-0.4, -0.2) is 41.1 Å². The van der Waals surface area contributed by atoms with Gasteiger partial charge in [0, 0.05) is 17.7 Å². The van der Waals surface area contributed by atoms with E-state index in [0.29, 0.717) is 17.4 Å². The van der Waals surface area contributed by atoms with Crippen LogP contribution in [0.4, 0.5) is 0 Å². The molecule has 0 aliphatic rings. The molecular weight excluding hydrogens is 314 g/mol. The van der Waals surface area contributed by atoms with E-state index in [-0.39, 0.29) is 5.91 Å². The zero-order valence-electron chi connectivity index (χ0n) is 11.7. The Kier molecular flexibility index (Phi) is 8.00. The van der Waals surface area contributed by atoms with Crippen molar-refractivity contribution < 1.29 is 19.4 Å². The van der Waals surface area contributed by atoms with Gasteiger partial charge in [-0.3, -0.25) is 4.79 Å². The summed E-state index contributed by atoms with van der Waals surface area (Å²) in [4.78, 5) is 21.8. The SMILES string of the molecule is CC(=O)NC(CSCCCOc1ccc(Cl)cc1)C(=O)O. The van der Waals surface area contributed by atoms with E-state index in [0.717, 1.165) is 17.9 Å². The van der Waals surface area contributed by atoms with Crippen LogP contribution in [0.15, 0.2) is 24.3 Å². The number of halogens is 1. The van der Waals surface area contributed by atoms with Gasteiger partial charge in [0.05, 0.1) is 6.61 Å². The third-order valence-electron chi connectivity index (χ3n) is 2.48. The van der Waals surface area contributed by atoms with Crippen LogP contribution in [0.5, 0.6) is 5.75 Å². The molecule has 116 valence electrons. The number of aliphatic carboxylic acids is 1. The first-order valence-corrected chi connectivity index (χ1v) is 7.98. The van der Waals surface area contributed by atoms with E-state index < -0.39 is 12.0 Å². The molecule has 0 fully saturated rings. The fourth-order valence-electron chi connectivity index (χ4n) is 1.50. The number of nitrogens with one attached hydrogen (secondary N) is 1. The topological polar surface area (TPSA) is 75.6 Å². The Balaban J connectivity index is 2.14. The Morgan fingerprint density at radius 2 is 2.05 bits per heavy atom. The molecule has 21 heavy (non-hydrogen) atoms. The van der Waals surface area contributed by atoms with Gasteiger partial charge in [-0.15, -0.1) is 0 Å². The number of carboxylic acid groups (broad SMARTS) is 1. The number of carbonyl (C=O) groups is 2. The van der Waals surface area contributed by atoms with Crippen LogP contribution in [0.2, 0.25) is 5.02 Å². The fraction of sp³-hybridized carbons (Fsp3) is 0.429. The first-order valence-electron chi connectivity index (χ1n) is 6.45. The van der Waals surface area contributed by atoms with E-state index >= 15 is 0 Å². The number of rotatable bonds is 9. The van der Waals surface area contributed by atoms with Gasteiger partial charge in [-0.1, -0.05) is 11.6 Å². The van der Waals surface area contributed by atoms with Crippen molar-refractivity contribution in [2.75, 3.05) is 18.1 Å². The highest BCUT2D eigenvalue weighted by Crippen LogP contribution is 2.16. The van der Waals surface area contributed by atoms with E-state index in [9.17, 15) is 9.59 Å². The Hall–Kier alpha value is -1.40. The molecule has 0 spiro atoms. The fourth-order valence-corrected chi connectivity index (χ4v) is 2.58. The van der Waals surface area contributed by atoms with Crippen LogP contribution < -0.4 is 10.1 Å². The van der Waals surface area contributed by atoms with Crippen LogP contribution in [-0.2, 0) is 9.59 Å². The molecule has 0 aliphatic carbocycles. The zero-order chi connectivity index (χ0) is 15.7. The first-order chi connectivity index (χ1) is 9.99. The predicted molar refractivity (Wildman–Crippen MR) is 84.1 cm³/mol. The Morgan fingerprint density at radius 3 is 2.62 bits per heavy atom. The summed E-state index contributed by atoms with van der Waals surface area (Å²) in [6.07, 6.45) is 0.791. The minimum atomic E-state index is -1.02. The minimum absolute atomic E-state index is 0.339. The van der Waals surface area contributed by atoms with Crippen LogP contribution >= 0.6 is 23.4 Å². The largest absolute Gasteiger partial charge is 0.494 e. The van der Waals surface area contributed by atoms with Crippen LogP contribution in [0.1, 0.15) is 13.3 Å². The number of carbonyl (C=O) groups excluding carboxylic acids is 1. The van der Waals surface area contributed by atoms with Crippen LogP contribution in [0, 0.1) is 0 Å². The van der Waals surface area contributed by atoms with Gasteiger partial charge in [0.2, 0.25) is 5.91 Å². The Bertz CT molecular complexity index is 467. The number of thioether (sulfide) groups is 1. The third-order valence-corrected chi connectivity index (χ3v) is 3.87. The summed E-state index contributed by atoms with van der Waals surface area (Å²) in [6, 6.07) is 6.27. The number of carboxylic acids is 1. The van der Waals surface area contributed by atoms with Gasteiger partial charge in [-0.05, 0) is 36.4 Å². The highest BCUT2D eigenvalue weighted by atomic mass is 35.5. The molecule has 0 saturated carbocycles. The second-order valence-corrected chi connectivity index (χ2v) is 5.91. The molecular formula is C14H18ClNO4S. The van der Waals surface area contributed by atoms with E-state index in [1.54, 1.807) is 24.3 Å². The maximum atomic E-state index is 10.9. The number of benzene rings is 1. The highest BCUT2D eigenvalue weighted by molar-refractivity contribution is 7.99. The molecule has 0 saturated heterocycles. The maximum absolute atomic E-state index is 10.9. The quantitative estimate of drug-likeness (QED) is 0.680. The summed E-state index contributed by atoms with van der Waals surface area (Å²) in [5, 5.41) is 12.0. The zero-order valence-corrected chi connectivity index (χ0v) is 13.2. The second-order valence-electron chi connectivity index (χ2n) is 4.32. The number of hydrogen-bond donors (Lipinski definition) is 2. The molecule has 1 aromatic rings. The molecule has 1 aromatic carbocycles. The molecule has 5 nitrogen and oxygen atoms in total. The molecule has 1 amide bonds. The number of ether oxygens (including phenoxy) is 1. The van der Waals surface area contributed by atoms with Crippen LogP contribution in [0.3, 0.4) is 0 Å². The van der Waals surface area contributed by atoms with Crippen molar-refractivity contribution in [2.24, 2.45) is 0 Å². The molecule has 0 bridgehead atoms. The normalized spacial score (nSPS) is 11.7. The van der Waals surface area contributed by atoms with E-state index in [1.807, 2.05) is 0 Å². The summed E-state index contributed by atoms with van der Waals surface area (Å²) in [7, 11) is 0. The predicted octanol–water partition coefficient (Wildman–Crippen LogP) is 2.43. The standard InChI is InChI=1S/C14H18ClNO4S/c1-10(17)16-13(14(18)19)9-21-8-2-7-20-12-5-3-11(15)4-6-12/h3-6,13H,2,7-9H2,1H3,(H,16,17)(H,18,19). The lowest BCUT2D eigenvalue weighted by Gasteiger charge is -2.12. The summed E-state index contributed by atoms with van der Waals surface area (Å²) in [6.45, 7) is 1.85. The average Bonchev–Trinajstić information content (AvgIpc) is 2.42. The van der Waals surface area contributed by atoms with Gasteiger partial charge in [0.15, 0.2) is 0 Å². The Labute approximate surface area is 133 Å². The summed E-state index contributed by atoms with van der Waals surface area (Å²) in [5.41, 5.74) is 0. The van der Waals surface area contributed by atoms with Gasteiger partial charge >= 0.3 is 5.97 Å². The average molecular weight is 332 g/mol. The summed E-state index contributed by atoms with van der Waals surface area (Å²) < 4.78 is 5.52.